The van der Waals surface area contributed by atoms with E-state index in [9.17, 15) is 4.39 Å². The molecular weight excluding hydrogens is 293 g/mol. The number of halogens is 1. The van der Waals surface area contributed by atoms with Crippen LogP contribution in [0.15, 0.2) is 61.1 Å². The van der Waals surface area contributed by atoms with Crippen LogP contribution in [0.4, 0.5) is 4.39 Å². The molecule has 2 aromatic heterocycles. The zero-order valence-electron chi connectivity index (χ0n) is 12.1. The number of pyridine rings is 2. The van der Waals surface area contributed by atoms with Gasteiger partial charge in [-0.1, -0.05) is 12.1 Å². The van der Waals surface area contributed by atoms with Gasteiger partial charge < -0.3 is 4.74 Å². The molecule has 4 nitrogen and oxygen atoms in total. The van der Waals surface area contributed by atoms with Crippen molar-refractivity contribution < 1.29 is 9.13 Å². The number of hydrogen-bond acceptors (Lipinski definition) is 4. The van der Waals surface area contributed by atoms with Crippen LogP contribution >= 0.6 is 0 Å². The van der Waals surface area contributed by atoms with Crippen LogP contribution in [0.1, 0.15) is 11.3 Å². The van der Waals surface area contributed by atoms with Crippen LogP contribution in [0.25, 0.3) is 11.1 Å². The lowest BCUT2D eigenvalue weighted by Gasteiger charge is -2.11. The van der Waals surface area contributed by atoms with E-state index in [0.29, 0.717) is 17.9 Å². The van der Waals surface area contributed by atoms with Gasteiger partial charge in [-0.2, -0.15) is 5.26 Å². The molecule has 0 saturated heterocycles. The Balaban J connectivity index is 1.93. The second-order valence-electron chi connectivity index (χ2n) is 4.83. The summed E-state index contributed by atoms with van der Waals surface area (Å²) in [7, 11) is 0. The molecule has 0 radical (unpaired) electrons. The third-order valence-corrected chi connectivity index (χ3v) is 3.28. The number of rotatable bonds is 4. The molecule has 1 aromatic carbocycles. The zero-order valence-corrected chi connectivity index (χ0v) is 12.1. The van der Waals surface area contributed by atoms with Crippen molar-refractivity contribution >= 4 is 0 Å². The van der Waals surface area contributed by atoms with Gasteiger partial charge in [0.15, 0.2) is 0 Å². The molecule has 0 atom stereocenters. The van der Waals surface area contributed by atoms with Crippen LogP contribution in [0, 0.1) is 17.1 Å². The Morgan fingerprint density at radius 1 is 1.09 bits per heavy atom. The van der Waals surface area contributed by atoms with Gasteiger partial charge in [0.05, 0.1) is 6.20 Å². The molecule has 0 saturated carbocycles. The van der Waals surface area contributed by atoms with E-state index in [-0.39, 0.29) is 11.5 Å². The van der Waals surface area contributed by atoms with E-state index in [1.54, 1.807) is 30.6 Å². The minimum atomic E-state index is -0.317. The summed E-state index contributed by atoms with van der Waals surface area (Å²) in [5.74, 6) is 0.218. The second-order valence-corrected chi connectivity index (χ2v) is 4.83. The summed E-state index contributed by atoms with van der Waals surface area (Å²) in [6, 6.07) is 13.4. The highest BCUT2D eigenvalue weighted by Gasteiger charge is 2.10. The van der Waals surface area contributed by atoms with Gasteiger partial charge >= 0.3 is 0 Å². The third kappa shape index (κ3) is 3.50. The number of benzene rings is 1. The van der Waals surface area contributed by atoms with E-state index in [1.165, 1.54) is 18.3 Å². The summed E-state index contributed by atoms with van der Waals surface area (Å²) >= 11 is 0. The summed E-state index contributed by atoms with van der Waals surface area (Å²) in [6.07, 6.45) is 4.89. The minimum absolute atomic E-state index is 0.278. The molecule has 0 N–H and O–H groups in total. The number of aromatic nitrogens is 2. The SMILES string of the molecule is N#Cc1cc(-c2ccc(F)cc2)c(OCc2ccncc2)cn1. The van der Waals surface area contributed by atoms with Crippen molar-refractivity contribution in [2.24, 2.45) is 0 Å². The molecule has 0 amide bonds. The molecule has 0 spiro atoms. The first-order valence-electron chi connectivity index (χ1n) is 6.94. The van der Waals surface area contributed by atoms with E-state index in [1.807, 2.05) is 18.2 Å². The Labute approximate surface area is 132 Å². The summed E-state index contributed by atoms with van der Waals surface area (Å²) in [6.45, 7) is 0.351. The van der Waals surface area contributed by atoms with Gasteiger partial charge in [0, 0.05) is 18.0 Å². The van der Waals surface area contributed by atoms with Crippen LogP contribution in [0.3, 0.4) is 0 Å². The number of nitrogens with zero attached hydrogens (tertiary/aromatic N) is 3. The maximum Gasteiger partial charge on any atom is 0.146 e. The zero-order chi connectivity index (χ0) is 16.1. The fraction of sp³-hybridized carbons (Fsp3) is 0.0556. The Morgan fingerprint density at radius 2 is 1.83 bits per heavy atom. The van der Waals surface area contributed by atoms with E-state index >= 15 is 0 Å². The lowest BCUT2D eigenvalue weighted by Crippen LogP contribution is -1.99. The van der Waals surface area contributed by atoms with Gasteiger partial charge in [-0.05, 0) is 41.5 Å². The van der Waals surface area contributed by atoms with E-state index in [4.69, 9.17) is 10.00 Å². The minimum Gasteiger partial charge on any atom is -0.487 e. The summed E-state index contributed by atoms with van der Waals surface area (Å²) in [4.78, 5) is 8.00. The highest BCUT2D eigenvalue weighted by atomic mass is 19.1. The van der Waals surface area contributed by atoms with Gasteiger partial charge in [0.2, 0.25) is 0 Å². The van der Waals surface area contributed by atoms with Crippen molar-refractivity contribution in [3.8, 4) is 22.9 Å². The maximum absolute atomic E-state index is 13.1. The molecular formula is C18H12FN3O. The van der Waals surface area contributed by atoms with Crippen LogP contribution in [0.2, 0.25) is 0 Å². The first-order chi connectivity index (χ1) is 11.3. The molecule has 0 fully saturated rings. The standard InChI is InChI=1S/C18H12FN3O/c19-15-3-1-14(2-4-15)17-9-16(10-20)22-11-18(17)23-12-13-5-7-21-8-6-13/h1-9,11H,12H2. The second kappa shape index (κ2) is 6.67. The summed E-state index contributed by atoms with van der Waals surface area (Å²) in [5.41, 5.74) is 2.70. The highest BCUT2D eigenvalue weighted by molar-refractivity contribution is 5.70. The lowest BCUT2D eigenvalue weighted by molar-refractivity contribution is 0.306. The average molecular weight is 305 g/mol. The number of nitriles is 1. The Bertz CT molecular complexity index is 842. The van der Waals surface area contributed by atoms with Crippen molar-refractivity contribution in [2.75, 3.05) is 0 Å². The fourth-order valence-corrected chi connectivity index (χ4v) is 2.11. The molecule has 3 rings (SSSR count). The Hall–Kier alpha value is -3.26. The van der Waals surface area contributed by atoms with Gasteiger partial charge in [-0.25, -0.2) is 9.37 Å². The predicted octanol–water partition coefficient (Wildman–Crippen LogP) is 3.73. The molecule has 2 heterocycles. The van der Waals surface area contributed by atoms with Crippen LogP contribution in [0.5, 0.6) is 5.75 Å². The highest BCUT2D eigenvalue weighted by Crippen LogP contribution is 2.30. The normalized spacial score (nSPS) is 10.1. The Morgan fingerprint density at radius 3 is 2.52 bits per heavy atom. The molecule has 0 unspecified atom stereocenters. The quantitative estimate of drug-likeness (QED) is 0.737. The van der Waals surface area contributed by atoms with Crippen LogP contribution in [-0.2, 0) is 6.61 Å². The van der Waals surface area contributed by atoms with E-state index in [2.05, 4.69) is 9.97 Å². The first kappa shape index (κ1) is 14.7. The smallest absolute Gasteiger partial charge is 0.146 e. The van der Waals surface area contributed by atoms with E-state index in [0.717, 1.165) is 11.1 Å². The lowest BCUT2D eigenvalue weighted by atomic mass is 10.1. The van der Waals surface area contributed by atoms with Crippen LogP contribution < -0.4 is 4.74 Å². The van der Waals surface area contributed by atoms with Gasteiger partial charge in [-0.15, -0.1) is 0 Å². The molecule has 0 aliphatic carbocycles. The molecule has 23 heavy (non-hydrogen) atoms. The first-order valence-corrected chi connectivity index (χ1v) is 6.94. The maximum atomic E-state index is 13.1. The number of hydrogen-bond donors (Lipinski definition) is 0. The van der Waals surface area contributed by atoms with Gasteiger partial charge in [0.25, 0.3) is 0 Å². The number of ether oxygens (including phenoxy) is 1. The average Bonchev–Trinajstić information content (AvgIpc) is 2.61. The molecule has 3 aromatic rings. The van der Waals surface area contributed by atoms with Gasteiger partial charge in [-0.3, -0.25) is 4.98 Å². The van der Waals surface area contributed by atoms with Crippen molar-refractivity contribution in [1.29, 1.82) is 5.26 Å². The third-order valence-electron chi connectivity index (χ3n) is 3.28. The predicted molar refractivity (Wildman–Crippen MR) is 82.9 cm³/mol. The summed E-state index contributed by atoms with van der Waals surface area (Å²) in [5, 5.41) is 9.03. The summed E-state index contributed by atoms with van der Waals surface area (Å²) < 4.78 is 18.9. The molecule has 112 valence electrons. The largest absolute Gasteiger partial charge is 0.487 e. The fourth-order valence-electron chi connectivity index (χ4n) is 2.11. The topological polar surface area (TPSA) is 58.8 Å². The van der Waals surface area contributed by atoms with Crippen molar-refractivity contribution in [3.05, 3.63) is 78.1 Å². The van der Waals surface area contributed by atoms with Crippen molar-refractivity contribution in [3.63, 3.8) is 0 Å². The van der Waals surface area contributed by atoms with E-state index < -0.39 is 0 Å². The Kier molecular flexibility index (Phi) is 4.25. The van der Waals surface area contributed by atoms with Crippen molar-refractivity contribution in [2.45, 2.75) is 6.61 Å². The molecule has 5 heteroatoms. The monoisotopic (exact) mass is 305 g/mol. The molecule has 0 aliphatic rings. The molecule has 0 aliphatic heterocycles. The van der Waals surface area contributed by atoms with Crippen LogP contribution in [-0.4, -0.2) is 9.97 Å². The van der Waals surface area contributed by atoms with Crippen molar-refractivity contribution in [1.82, 2.24) is 9.97 Å². The molecule has 0 bridgehead atoms. The van der Waals surface area contributed by atoms with Gasteiger partial charge in [0.1, 0.15) is 29.9 Å².